The number of aliphatic hydroxyl groups excluding tert-OH is 1. The lowest BCUT2D eigenvalue weighted by molar-refractivity contribution is 0.102. The van der Waals surface area contributed by atoms with E-state index in [4.69, 9.17) is 9.47 Å². The summed E-state index contributed by atoms with van der Waals surface area (Å²) in [5.41, 5.74) is 1.62. The molecule has 0 aliphatic carbocycles. The molecule has 0 aliphatic heterocycles. The summed E-state index contributed by atoms with van der Waals surface area (Å²) in [6.45, 7) is -0.143. The molecule has 2 N–H and O–H groups in total. The van der Waals surface area contributed by atoms with E-state index < -0.39 is 0 Å². The Labute approximate surface area is 123 Å². The summed E-state index contributed by atoms with van der Waals surface area (Å²) >= 11 is 0. The van der Waals surface area contributed by atoms with Crippen LogP contribution in [0.3, 0.4) is 0 Å². The Bertz CT molecular complexity index is 640. The smallest absolute Gasteiger partial charge is 0.259 e. The van der Waals surface area contributed by atoms with Crippen LogP contribution >= 0.6 is 0 Å². The zero-order chi connectivity index (χ0) is 15.2. The van der Waals surface area contributed by atoms with Crippen molar-refractivity contribution >= 4 is 11.6 Å². The Morgan fingerprint density at radius 3 is 2.57 bits per heavy atom. The lowest BCUT2D eigenvalue weighted by Crippen LogP contribution is -2.14. The molecule has 0 aliphatic rings. The van der Waals surface area contributed by atoms with Crippen molar-refractivity contribution in [3.63, 3.8) is 0 Å². The highest BCUT2D eigenvalue weighted by Crippen LogP contribution is 2.26. The fourth-order valence-electron chi connectivity index (χ4n) is 1.96. The predicted molar refractivity (Wildman–Crippen MR) is 79.9 cm³/mol. The van der Waals surface area contributed by atoms with Crippen molar-refractivity contribution in [1.29, 1.82) is 0 Å². The Morgan fingerprint density at radius 2 is 1.90 bits per heavy atom. The molecule has 0 fully saturated rings. The molecule has 0 radical (unpaired) electrons. The summed E-state index contributed by atoms with van der Waals surface area (Å²) in [6.07, 6.45) is 0. The average molecular weight is 287 g/mol. The number of amides is 1. The number of hydrogen-bond donors (Lipinski definition) is 2. The van der Waals surface area contributed by atoms with Gasteiger partial charge >= 0.3 is 0 Å². The molecule has 21 heavy (non-hydrogen) atoms. The van der Waals surface area contributed by atoms with Crippen LogP contribution in [0.25, 0.3) is 0 Å². The minimum absolute atomic E-state index is 0.143. The summed E-state index contributed by atoms with van der Waals surface area (Å²) in [5.74, 6) is 0.725. The number of hydrogen-bond acceptors (Lipinski definition) is 4. The third-order valence-corrected chi connectivity index (χ3v) is 3.09. The maximum absolute atomic E-state index is 12.3. The Balaban J connectivity index is 2.28. The van der Waals surface area contributed by atoms with Gasteiger partial charge in [-0.1, -0.05) is 18.2 Å². The molecule has 2 rings (SSSR count). The van der Waals surface area contributed by atoms with E-state index in [1.54, 1.807) is 49.6 Å². The highest BCUT2D eigenvalue weighted by atomic mass is 16.5. The van der Waals surface area contributed by atoms with E-state index in [0.29, 0.717) is 28.3 Å². The van der Waals surface area contributed by atoms with Gasteiger partial charge in [0.15, 0.2) is 0 Å². The number of para-hydroxylation sites is 1. The highest BCUT2D eigenvalue weighted by molar-refractivity contribution is 6.06. The van der Waals surface area contributed by atoms with E-state index in [0.717, 1.165) is 0 Å². The summed E-state index contributed by atoms with van der Waals surface area (Å²) in [6, 6.07) is 12.0. The van der Waals surface area contributed by atoms with E-state index in [-0.39, 0.29) is 12.5 Å². The molecule has 0 aromatic heterocycles. The molecule has 1 amide bonds. The van der Waals surface area contributed by atoms with Crippen molar-refractivity contribution in [1.82, 2.24) is 0 Å². The maximum Gasteiger partial charge on any atom is 0.259 e. The van der Waals surface area contributed by atoms with Crippen LogP contribution in [-0.2, 0) is 6.61 Å². The molecule has 0 spiro atoms. The monoisotopic (exact) mass is 287 g/mol. The number of ether oxygens (including phenoxy) is 2. The van der Waals surface area contributed by atoms with Crippen LogP contribution in [0.5, 0.6) is 11.5 Å². The van der Waals surface area contributed by atoms with Crippen molar-refractivity contribution in [2.75, 3.05) is 19.5 Å². The fourth-order valence-corrected chi connectivity index (χ4v) is 1.96. The van der Waals surface area contributed by atoms with Gasteiger partial charge in [0, 0.05) is 17.3 Å². The molecule has 0 unspecified atom stereocenters. The number of carbonyl (C=O) groups excluding carboxylic acids is 1. The number of methoxy groups -OCH3 is 2. The van der Waals surface area contributed by atoms with Crippen molar-refractivity contribution in [2.45, 2.75) is 6.61 Å². The van der Waals surface area contributed by atoms with Crippen molar-refractivity contribution in [3.05, 3.63) is 53.6 Å². The van der Waals surface area contributed by atoms with Crippen LogP contribution in [0.1, 0.15) is 15.9 Å². The molecular formula is C16H17NO4. The highest BCUT2D eigenvalue weighted by Gasteiger charge is 2.14. The number of nitrogens with one attached hydrogen (secondary N) is 1. The first-order valence-electron chi connectivity index (χ1n) is 6.41. The van der Waals surface area contributed by atoms with Gasteiger partial charge in [-0.3, -0.25) is 4.79 Å². The second-order valence-electron chi connectivity index (χ2n) is 4.34. The number of anilines is 1. The number of benzene rings is 2. The number of rotatable bonds is 5. The zero-order valence-corrected chi connectivity index (χ0v) is 11.9. The zero-order valence-electron chi connectivity index (χ0n) is 11.9. The molecule has 0 saturated heterocycles. The van der Waals surface area contributed by atoms with Gasteiger partial charge in [-0.2, -0.15) is 0 Å². The molecule has 5 heteroatoms. The standard InChI is InChI=1S/C16H17NO4/c1-20-12-7-8-13(15(9-12)21-2)16(19)17-14-6-4-3-5-11(14)10-18/h3-9,18H,10H2,1-2H3,(H,17,19). The molecule has 0 heterocycles. The van der Waals surface area contributed by atoms with Gasteiger partial charge in [-0.25, -0.2) is 0 Å². The molecule has 5 nitrogen and oxygen atoms in total. The Hall–Kier alpha value is -2.53. The normalized spacial score (nSPS) is 10.0. The fraction of sp³-hybridized carbons (Fsp3) is 0.188. The van der Waals surface area contributed by atoms with Gasteiger partial charge in [-0.05, 0) is 18.2 Å². The van der Waals surface area contributed by atoms with Gasteiger partial charge in [0.2, 0.25) is 0 Å². The van der Waals surface area contributed by atoms with Crippen molar-refractivity contribution < 1.29 is 19.4 Å². The Kier molecular flexibility index (Phi) is 4.79. The summed E-state index contributed by atoms with van der Waals surface area (Å²) in [4.78, 5) is 12.3. The molecule has 0 saturated carbocycles. The first-order valence-corrected chi connectivity index (χ1v) is 6.41. The van der Waals surface area contributed by atoms with Gasteiger partial charge < -0.3 is 19.9 Å². The molecular weight excluding hydrogens is 270 g/mol. The van der Waals surface area contributed by atoms with Crippen molar-refractivity contribution in [2.24, 2.45) is 0 Å². The van der Waals surface area contributed by atoms with E-state index in [9.17, 15) is 9.90 Å². The molecule has 2 aromatic rings. The van der Waals surface area contributed by atoms with Crippen LogP contribution in [0.2, 0.25) is 0 Å². The SMILES string of the molecule is COc1ccc(C(=O)Nc2ccccc2CO)c(OC)c1. The van der Waals surface area contributed by atoms with Crippen LogP contribution in [0.4, 0.5) is 5.69 Å². The number of carbonyl (C=O) groups is 1. The second kappa shape index (κ2) is 6.76. The van der Waals surface area contributed by atoms with Crippen LogP contribution < -0.4 is 14.8 Å². The van der Waals surface area contributed by atoms with E-state index >= 15 is 0 Å². The Morgan fingerprint density at radius 1 is 1.14 bits per heavy atom. The van der Waals surface area contributed by atoms with E-state index in [1.165, 1.54) is 7.11 Å². The van der Waals surface area contributed by atoms with Crippen LogP contribution in [0.15, 0.2) is 42.5 Å². The molecule has 2 aromatic carbocycles. The quantitative estimate of drug-likeness (QED) is 0.886. The molecule has 0 bridgehead atoms. The van der Waals surface area contributed by atoms with Crippen molar-refractivity contribution in [3.8, 4) is 11.5 Å². The lowest BCUT2D eigenvalue weighted by atomic mass is 10.1. The van der Waals surface area contributed by atoms with E-state index in [1.807, 2.05) is 0 Å². The predicted octanol–water partition coefficient (Wildman–Crippen LogP) is 2.45. The summed E-state index contributed by atoms with van der Waals surface area (Å²) in [5, 5.41) is 12.0. The number of aliphatic hydroxyl groups is 1. The lowest BCUT2D eigenvalue weighted by Gasteiger charge is -2.12. The van der Waals surface area contributed by atoms with Crippen LogP contribution in [0, 0.1) is 0 Å². The summed E-state index contributed by atoms with van der Waals surface area (Å²) in [7, 11) is 3.04. The van der Waals surface area contributed by atoms with Crippen LogP contribution in [-0.4, -0.2) is 25.2 Å². The minimum atomic E-state index is -0.310. The topological polar surface area (TPSA) is 67.8 Å². The average Bonchev–Trinajstić information content (AvgIpc) is 2.54. The first kappa shape index (κ1) is 14.9. The second-order valence-corrected chi connectivity index (χ2v) is 4.34. The summed E-state index contributed by atoms with van der Waals surface area (Å²) < 4.78 is 10.3. The van der Waals surface area contributed by atoms with Gasteiger partial charge in [0.25, 0.3) is 5.91 Å². The first-order chi connectivity index (χ1) is 10.2. The third kappa shape index (κ3) is 3.32. The van der Waals surface area contributed by atoms with Gasteiger partial charge in [0.1, 0.15) is 11.5 Å². The maximum atomic E-state index is 12.3. The van der Waals surface area contributed by atoms with E-state index in [2.05, 4.69) is 5.32 Å². The largest absolute Gasteiger partial charge is 0.497 e. The van der Waals surface area contributed by atoms with Gasteiger partial charge in [0.05, 0.1) is 26.4 Å². The minimum Gasteiger partial charge on any atom is -0.497 e. The van der Waals surface area contributed by atoms with Gasteiger partial charge in [-0.15, -0.1) is 0 Å². The molecule has 110 valence electrons. The molecule has 0 atom stereocenters. The third-order valence-electron chi connectivity index (χ3n) is 3.09.